The van der Waals surface area contributed by atoms with Gasteiger partial charge in [-0.05, 0) is 26.3 Å². The van der Waals surface area contributed by atoms with Gasteiger partial charge in [0.15, 0.2) is 0 Å². The number of aliphatic carboxylic acids is 1. The van der Waals surface area contributed by atoms with E-state index in [9.17, 15) is 9.59 Å². The molecule has 0 fully saturated rings. The Morgan fingerprint density at radius 1 is 1.22 bits per heavy atom. The molecule has 0 atom stereocenters. The fraction of sp³-hybridized carbons (Fsp3) is 0.429. The summed E-state index contributed by atoms with van der Waals surface area (Å²) in [6.07, 6.45) is -0.0196. The molecule has 0 unspecified atom stereocenters. The zero-order valence-corrected chi connectivity index (χ0v) is 11.0. The number of aryl methyl sites for hydroxylation is 1. The van der Waals surface area contributed by atoms with E-state index in [1.807, 2.05) is 31.2 Å². The van der Waals surface area contributed by atoms with Gasteiger partial charge in [-0.25, -0.2) is 0 Å². The maximum Gasteiger partial charge on any atom is 0.309 e. The van der Waals surface area contributed by atoms with Crippen LogP contribution < -0.4 is 5.32 Å². The summed E-state index contributed by atoms with van der Waals surface area (Å²) in [7, 11) is 0. The molecule has 0 radical (unpaired) electrons. The minimum absolute atomic E-state index is 0.0196. The van der Waals surface area contributed by atoms with E-state index in [0.29, 0.717) is 6.54 Å². The second-order valence-electron chi connectivity index (χ2n) is 5.13. The van der Waals surface area contributed by atoms with Crippen LogP contribution in [0, 0.1) is 12.3 Å². The van der Waals surface area contributed by atoms with E-state index in [1.54, 1.807) is 13.8 Å². The quantitative estimate of drug-likeness (QED) is 0.840. The van der Waals surface area contributed by atoms with Gasteiger partial charge in [0.25, 0.3) is 0 Å². The fourth-order valence-corrected chi connectivity index (χ4v) is 1.45. The maximum atomic E-state index is 11.6. The van der Waals surface area contributed by atoms with Crippen LogP contribution in [-0.2, 0) is 16.1 Å². The minimum Gasteiger partial charge on any atom is -0.481 e. The van der Waals surface area contributed by atoms with E-state index in [-0.39, 0.29) is 12.3 Å². The first-order valence-electron chi connectivity index (χ1n) is 5.87. The van der Waals surface area contributed by atoms with Crippen molar-refractivity contribution in [2.45, 2.75) is 33.7 Å². The summed E-state index contributed by atoms with van der Waals surface area (Å²) in [6.45, 7) is 5.51. The number of carboxylic acids is 1. The Morgan fingerprint density at radius 3 is 2.28 bits per heavy atom. The summed E-state index contributed by atoms with van der Waals surface area (Å²) in [5.41, 5.74) is 1.14. The van der Waals surface area contributed by atoms with Crippen molar-refractivity contribution < 1.29 is 14.7 Å². The lowest BCUT2D eigenvalue weighted by Crippen LogP contribution is -2.33. The molecule has 1 amide bonds. The van der Waals surface area contributed by atoms with Crippen LogP contribution in [0.5, 0.6) is 0 Å². The van der Waals surface area contributed by atoms with E-state index in [0.717, 1.165) is 11.1 Å². The fourth-order valence-electron chi connectivity index (χ4n) is 1.45. The molecule has 18 heavy (non-hydrogen) atoms. The van der Waals surface area contributed by atoms with Gasteiger partial charge in [-0.2, -0.15) is 0 Å². The average Bonchev–Trinajstić information content (AvgIpc) is 2.27. The summed E-state index contributed by atoms with van der Waals surface area (Å²) in [4.78, 5) is 22.5. The molecule has 4 nitrogen and oxygen atoms in total. The Labute approximate surface area is 107 Å². The van der Waals surface area contributed by atoms with Crippen molar-refractivity contribution in [3.63, 3.8) is 0 Å². The molecule has 0 bridgehead atoms. The summed E-state index contributed by atoms with van der Waals surface area (Å²) in [5, 5.41) is 11.7. The number of hydrogen-bond donors (Lipinski definition) is 2. The second-order valence-corrected chi connectivity index (χ2v) is 5.13. The number of carbonyl (C=O) groups is 2. The lowest BCUT2D eigenvalue weighted by atomic mass is 9.89. The van der Waals surface area contributed by atoms with E-state index in [1.165, 1.54) is 0 Å². The molecule has 1 aromatic rings. The van der Waals surface area contributed by atoms with Crippen molar-refractivity contribution in [1.82, 2.24) is 5.32 Å². The Bertz CT molecular complexity index is 435. The molecular weight excluding hydrogens is 230 g/mol. The van der Waals surface area contributed by atoms with Crippen LogP contribution in [0.4, 0.5) is 0 Å². The third kappa shape index (κ3) is 4.20. The van der Waals surface area contributed by atoms with Gasteiger partial charge in [-0.1, -0.05) is 29.8 Å². The van der Waals surface area contributed by atoms with Crippen molar-refractivity contribution in [3.05, 3.63) is 35.4 Å². The van der Waals surface area contributed by atoms with Gasteiger partial charge in [0.05, 0.1) is 5.41 Å². The van der Waals surface area contributed by atoms with Crippen molar-refractivity contribution in [1.29, 1.82) is 0 Å². The Morgan fingerprint density at radius 2 is 1.78 bits per heavy atom. The predicted molar refractivity (Wildman–Crippen MR) is 69.1 cm³/mol. The number of nitrogens with one attached hydrogen (secondary N) is 1. The Kier molecular flexibility index (Phi) is 4.48. The van der Waals surface area contributed by atoms with E-state index < -0.39 is 11.4 Å². The number of carbonyl (C=O) groups excluding carboxylic acids is 1. The molecule has 0 aliphatic carbocycles. The van der Waals surface area contributed by atoms with E-state index >= 15 is 0 Å². The third-order valence-electron chi connectivity index (χ3n) is 2.79. The van der Waals surface area contributed by atoms with Crippen LogP contribution in [0.3, 0.4) is 0 Å². The standard InChI is InChI=1S/C14H19NO3/c1-10-4-6-11(7-5-10)9-15-12(16)8-14(2,3)13(17)18/h4-7H,8-9H2,1-3H3,(H,15,16)(H,17,18). The lowest BCUT2D eigenvalue weighted by molar-refractivity contribution is -0.149. The number of benzene rings is 1. The molecule has 0 saturated carbocycles. The largest absolute Gasteiger partial charge is 0.481 e. The number of amides is 1. The SMILES string of the molecule is Cc1ccc(CNC(=O)CC(C)(C)C(=O)O)cc1. The zero-order chi connectivity index (χ0) is 13.8. The highest BCUT2D eigenvalue weighted by Crippen LogP contribution is 2.20. The van der Waals surface area contributed by atoms with Crippen molar-refractivity contribution in [2.75, 3.05) is 0 Å². The van der Waals surface area contributed by atoms with Crippen LogP contribution in [0.1, 0.15) is 31.4 Å². The highest BCUT2D eigenvalue weighted by atomic mass is 16.4. The molecule has 0 spiro atoms. The highest BCUT2D eigenvalue weighted by molar-refractivity contribution is 5.84. The van der Waals surface area contributed by atoms with Crippen LogP contribution in [0.15, 0.2) is 24.3 Å². The van der Waals surface area contributed by atoms with Crippen molar-refractivity contribution >= 4 is 11.9 Å². The lowest BCUT2D eigenvalue weighted by Gasteiger charge is -2.18. The number of rotatable bonds is 5. The van der Waals surface area contributed by atoms with Gasteiger partial charge in [0.1, 0.15) is 0 Å². The summed E-state index contributed by atoms with van der Waals surface area (Å²) < 4.78 is 0. The number of hydrogen-bond acceptors (Lipinski definition) is 2. The molecule has 98 valence electrons. The van der Waals surface area contributed by atoms with Crippen molar-refractivity contribution in [2.24, 2.45) is 5.41 Å². The molecule has 1 aromatic carbocycles. The first kappa shape index (κ1) is 14.2. The molecule has 0 aliphatic heterocycles. The Balaban J connectivity index is 2.47. The molecule has 4 heteroatoms. The molecule has 2 N–H and O–H groups in total. The second kappa shape index (κ2) is 5.67. The molecule has 0 aliphatic rings. The predicted octanol–water partition coefficient (Wildman–Crippen LogP) is 2.11. The summed E-state index contributed by atoms with van der Waals surface area (Å²) >= 11 is 0. The van der Waals surface area contributed by atoms with Gasteiger partial charge in [-0.15, -0.1) is 0 Å². The smallest absolute Gasteiger partial charge is 0.309 e. The van der Waals surface area contributed by atoms with Crippen LogP contribution in [0.2, 0.25) is 0 Å². The summed E-state index contributed by atoms with van der Waals surface area (Å²) in [6, 6.07) is 7.83. The summed E-state index contributed by atoms with van der Waals surface area (Å²) in [5.74, 6) is -1.21. The first-order chi connectivity index (χ1) is 8.31. The molecule has 1 rings (SSSR count). The highest BCUT2D eigenvalue weighted by Gasteiger charge is 2.29. The van der Waals surface area contributed by atoms with Gasteiger partial charge in [0.2, 0.25) is 5.91 Å². The van der Waals surface area contributed by atoms with Gasteiger partial charge in [-0.3, -0.25) is 9.59 Å². The Hall–Kier alpha value is -1.84. The minimum atomic E-state index is -1.03. The molecule has 0 aromatic heterocycles. The number of carboxylic acid groups (broad SMARTS) is 1. The molecule has 0 heterocycles. The van der Waals surface area contributed by atoms with Crippen molar-refractivity contribution in [3.8, 4) is 0 Å². The zero-order valence-electron chi connectivity index (χ0n) is 11.0. The van der Waals surface area contributed by atoms with Crippen LogP contribution in [0.25, 0.3) is 0 Å². The average molecular weight is 249 g/mol. The molecule has 0 saturated heterocycles. The van der Waals surface area contributed by atoms with E-state index in [2.05, 4.69) is 5.32 Å². The normalized spacial score (nSPS) is 11.1. The monoisotopic (exact) mass is 249 g/mol. The third-order valence-corrected chi connectivity index (χ3v) is 2.79. The maximum absolute atomic E-state index is 11.6. The van der Waals surface area contributed by atoms with Gasteiger partial charge >= 0.3 is 5.97 Å². The van der Waals surface area contributed by atoms with Gasteiger partial charge in [0, 0.05) is 13.0 Å². The topological polar surface area (TPSA) is 66.4 Å². The molecular formula is C14H19NO3. The van der Waals surface area contributed by atoms with Crippen LogP contribution >= 0.6 is 0 Å². The van der Waals surface area contributed by atoms with Crippen LogP contribution in [-0.4, -0.2) is 17.0 Å². The first-order valence-corrected chi connectivity index (χ1v) is 5.87. The van der Waals surface area contributed by atoms with E-state index in [4.69, 9.17) is 5.11 Å². The van der Waals surface area contributed by atoms with Gasteiger partial charge < -0.3 is 10.4 Å².